The van der Waals surface area contributed by atoms with Crippen LogP contribution in [-0.2, 0) is 4.79 Å². The van der Waals surface area contributed by atoms with E-state index in [-0.39, 0.29) is 6.67 Å². The Bertz CT molecular complexity index is 135. The van der Waals surface area contributed by atoms with Crippen molar-refractivity contribution in [3.05, 3.63) is 0 Å². The lowest BCUT2D eigenvalue weighted by atomic mass is 10.1. The molecule has 1 rings (SSSR count). The summed E-state index contributed by atoms with van der Waals surface area (Å²) in [7, 11) is 0. The fourth-order valence-corrected chi connectivity index (χ4v) is 1.47. The van der Waals surface area contributed by atoms with Gasteiger partial charge in [0.15, 0.2) is 0 Å². The standard InChI is InChI=1S/C8H15FN2O/c9-3-4-10-8-1-5-11(7-12)6-2-8/h7-8,10H,1-6H2. The number of carbonyl (C=O) groups excluding carboxylic acids is 1. The zero-order chi connectivity index (χ0) is 8.81. The number of hydrogen-bond acceptors (Lipinski definition) is 2. The summed E-state index contributed by atoms with van der Waals surface area (Å²) < 4.78 is 11.8. The third-order valence-electron chi connectivity index (χ3n) is 2.21. The zero-order valence-corrected chi connectivity index (χ0v) is 7.13. The third kappa shape index (κ3) is 2.77. The van der Waals surface area contributed by atoms with E-state index < -0.39 is 0 Å². The van der Waals surface area contributed by atoms with E-state index in [0.717, 1.165) is 32.3 Å². The molecule has 1 fully saturated rings. The smallest absolute Gasteiger partial charge is 0.209 e. The second-order valence-electron chi connectivity index (χ2n) is 3.06. The normalized spacial score (nSPS) is 19.6. The van der Waals surface area contributed by atoms with Crippen LogP contribution in [0.25, 0.3) is 0 Å². The van der Waals surface area contributed by atoms with Gasteiger partial charge in [-0.15, -0.1) is 0 Å². The Balaban J connectivity index is 2.12. The van der Waals surface area contributed by atoms with E-state index >= 15 is 0 Å². The summed E-state index contributed by atoms with van der Waals surface area (Å²) in [5.41, 5.74) is 0. The number of nitrogens with one attached hydrogen (secondary N) is 1. The minimum Gasteiger partial charge on any atom is -0.345 e. The fraction of sp³-hybridized carbons (Fsp3) is 0.875. The monoisotopic (exact) mass is 174 g/mol. The molecule has 0 bridgehead atoms. The molecule has 70 valence electrons. The number of hydrogen-bond donors (Lipinski definition) is 1. The van der Waals surface area contributed by atoms with Crippen molar-refractivity contribution in [1.82, 2.24) is 10.2 Å². The lowest BCUT2D eigenvalue weighted by molar-refractivity contribution is -0.119. The van der Waals surface area contributed by atoms with Crippen molar-refractivity contribution in [3.63, 3.8) is 0 Å². The lowest BCUT2D eigenvalue weighted by Crippen LogP contribution is -2.42. The summed E-state index contributed by atoms with van der Waals surface area (Å²) in [6.07, 6.45) is 2.77. The summed E-state index contributed by atoms with van der Waals surface area (Å²) in [6, 6.07) is 0.400. The topological polar surface area (TPSA) is 32.3 Å². The minimum absolute atomic E-state index is 0.312. The molecule has 0 saturated carbocycles. The maximum atomic E-state index is 11.8. The SMILES string of the molecule is O=CN1CCC(NCCF)CC1. The molecule has 0 radical (unpaired) electrons. The molecule has 1 N–H and O–H groups in total. The van der Waals surface area contributed by atoms with E-state index in [1.807, 2.05) is 0 Å². The maximum absolute atomic E-state index is 11.8. The van der Waals surface area contributed by atoms with Crippen LogP contribution in [0.15, 0.2) is 0 Å². The maximum Gasteiger partial charge on any atom is 0.209 e. The first kappa shape index (κ1) is 9.45. The molecule has 12 heavy (non-hydrogen) atoms. The average Bonchev–Trinajstić information content (AvgIpc) is 2.15. The molecule has 0 spiro atoms. The van der Waals surface area contributed by atoms with Crippen LogP contribution in [0.1, 0.15) is 12.8 Å². The number of nitrogens with zero attached hydrogens (tertiary/aromatic N) is 1. The second kappa shape index (κ2) is 5.09. The molecule has 0 aromatic carbocycles. The molecule has 3 nitrogen and oxygen atoms in total. The van der Waals surface area contributed by atoms with Gasteiger partial charge in [-0.2, -0.15) is 0 Å². The molecule has 0 aromatic rings. The van der Waals surface area contributed by atoms with Crippen LogP contribution in [0, 0.1) is 0 Å². The summed E-state index contributed by atoms with van der Waals surface area (Å²) >= 11 is 0. The minimum atomic E-state index is -0.312. The van der Waals surface area contributed by atoms with Gasteiger partial charge in [-0.1, -0.05) is 0 Å². The molecule has 4 heteroatoms. The van der Waals surface area contributed by atoms with Crippen molar-refractivity contribution in [2.24, 2.45) is 0 Å². The highest BCUT2D eigenvalue weighted by Gasteiger charge is 2.16. The van der Waals surface area contributed by atoms with E-state index in [1.165, 1.54) is 0 Å². The van der Waals surface area contributed by atoms with Gasteiger partial charge in [-0.05, 0) is 12.8 Å². The molecule has 1 amide bonds. The molecule has 1 aliphatic heterocycles. The summed E-state index contributed by atoms with van der Waals surface area (Å²) in [6.45, 7) is 1.72. The highest BCUT2D eigenvalue weighted by atomic mass is 19.1. The van der Waals surface area contributed by atoms with E-state index in [0.29, 0.717) is 12.6 Å². The molecule has 1 heterocycles. The first-order valence-electron chi connectivity index (χ1n) is 4.35. The molecule has 1 saturated heterocycles. The summed E-state index contributed by atoms with van der Waals surface area (Å²) in [5, 5.41) is 3.10. The van der Waals surface area contributed by atoms with Crippen LogP contribution in [0.4, 0.5) is 4.39 Å². The number of rotatable bonds is 4. The summed E-state index contributed by atoms with van der Waals surface area (Å²) in [5.74, 6) is 0. The van der Waals surface area contributed by atoms with E-state index in [1.54, 1.807) is 4.90 Å². The Morgan fingerprint density at radius 2 is 2.17 bits per heavy atom. The molecule has 0 aliphatic carbocycles. The molecule has 0 unspecified atom stereocenters. The number of carbonyl (C=O) groups is 1. The Morgan fingerprint density at radius 3 is 2.67 bits per heavy atom. The largest absolute Gasteiger partial charge is 0.345 e. The molecular formula is C8H15FN2O. The molecule has 0 atom stereocenters. The van der Waals surface area contributed by atoms with Gasteiger partial charge in [-0.3, -0.25) is 4.79 Å². The van der Waals surface area contributed by atoms with Crippen molar-refractivity contribution in [1.29, 1.82) is 0 Å². The van der Waals surface area contributed by atoms with Crippen LogP contribution in [0.2, 0.25) is 0 Å². The van der Waals surface area contributed by atoms with E-state index in [4.69, 9.17) is 0 Å². The van der Waals surface area contributed by atoms with Gasteiger partial charge >= 0.3 is 0 Å². The van der Waals surface area contributed by atoms with E-state index in [9.17, 15) is 9.18 Å². The van der Waals surface area contributed by atoms with Crippen LogP contribution in [0.3, 0.4) is 0 Å². The first-order valence-corrected chi connectivity index (χ1v) is 4.35. The average molecular weight is 174 g/mol. The van der Waals surface area contributed by atoms with Gasteiger partial charge in [0.05, 0.1) is 0 Å². The molecule has 0 aromatic heterocycles. The Kier molecular flexibility index (Phi) is 4.00. The van der Waals surface area contributed by atoms with Gasteiger partial charge in [-0.25, -0.2) is 4.39 Å². The van der Waals surface area contributed by atoms with Crippen LogP contribution >= 0.6 is 0 Å². The Hall–Kier alpha value is -0.640. The molecular weight excluding hydrogens is 159 g/mol. The first-order chi connectivity index (χ1) is 5.86. The Labute approximate surface area is 71.9 Å². The van der Waals surface area contributed by atoms with Gasteiger partial charge in [0.1, 0.15) is 6.67 Å². The second-order valence-corrected chi connectivity index (χ2v) is 3.06. The van der Waals surface area contributed by atoms with E-state index in [2.05, 4.69) is 5.32 Å². The number of halogens is 1. The van der Waals surface area contributed by atoms with Crippen LogP contribution in [0.5, 0.6) is 0 Å². The van der Waals surface area contributed by atoms with Crippen LogP contribution in [-0.4, -0.2) is 43.7 Å². The van der Waals surface area contributed by atoms with Crippen molar-refractivity contribution < 1.29 is 9.18 Å². The summed E-state index contributed by atoms with van der Waals surface area (Å²) in [4.78, 5) is 12.1. The van der Waals surface area contributed by atoms with Gasteiger partial charge < -0.3 is 10.2 Å². The highest BCUT2D eigenvalue weighted by molar-refractivity contribution is 5.47. The van der Waals surface area contributed by atoms with Gasteiger partial charge in [0, 0.05) is 25.7 Å². The predicted octanol–water partition coefficient (Wildman–Crippen LogP) is 0.166. The Morgan fingerprint density at radius 1 is 1.50 bits per heavy atom. The predicted molar refractivity (Wildman–Crippen MR) is 44.6 cm³/mol. The lowest BCUT2D eigenvalue weighted by Gasteiger charge is -2.29. The number of alkyl halides is 1. The van der Waals surface area contributed by atoms with Crippen molar-refractivity contribution in [2.75, 3.05) is 26.3 Å². The number of amides is 1. The van der Waals surface area contributed by atoms with Gasteiger partial charge in [0.2, 0.25) is 6.41 Å². The van der Waals surface area contributed by atoms with Crippen molar-refractivity contribution in [2.45, 2.75) is 18.9 Å². The van der Waals surface area contributed by atoms with Crippen molar-refractivity contribution >= 4 is 6.41 Å². The highest BCUT2D eigenvalue weighted by Crippen LogP contribution is 2.07. The number of likely N-dealkylation sites (tertiary alicyclic amines) is 1. The van der Waals surface area contributed by atoms with Gasteiger partial charge in [0.25, 0.3) is 0 Å². The quantitative estimate of drug-likeness (QED) is 0.616. The zero-order valence-electron chi connectivity index (χ0n) is 7.13. The van der Waals surface area contributed by atoms with Crippen molar-refractivity contribution in [3.8, 4) is 0 Å². The van der Waals surface area contributed by atoms with Crippen LogP contribution < -0.4 is 5.32 Å². The molecule has 1 aliphatic rings. The fourth-order valence-electron chi connectivity index (χ4n) is 1.47. The third-order valence-corrected chi connectivity index (χ3v) is 2.21. The number of piperidine rings is 1.